The minimum Gasteiger partial charge on any atom is -0.481 e. The predicted octanol–water partition coefficient (Wildman–Crippen LogP) is 3.07. The number of amides is 1. The van der Waals surface area contributed by atoms with E-state index in [0.29, 0.717) is 19.4 Å². The Kier molecular flexibility index (Phi) is 5.97. The second-order valence-corrected chi connectivity index (χ2v) is 7.76. The van der Waals surface area contributed by atoms with Crippen molar-refractivity contribution in [1.82, 2.24) is 9.80 Å². The van der Waals surface area contributed by atoms with Crippen molar-refractivity contribution < 1.29 is 14.7 Å². The number of carboxylic acid groups (broad SMARTS) is 1. The average Bonchev–Trinajstić information content (AvgIpc) is 2.88. The SMILES string of the molecule is CCCN1CCCC12Cc1ccccc1CN(C(=O)CCCC(=O)O)C2. The number of nitrogens with zero attached hydrogens (tertiary/aromatic N) is 2. The van der Waals surface area contributed by atoms with Crippen LogP contribution in [-0.4, -0.2) is 52.0 Å². The van der Waals surface area contributed by atoms with Crippen molar-refractivity contribution in [2.45, 2.75) is 64.0 Å². The summed E-state index contributed by atoms with van der Waals surface area (Å²) in [5.41, 5.74) is 2.63. The van der Waals surface area contributed by atoms with E-state index < -0.39 is 5.97 Å². The summed E-state index contributed by atoms with van der Waals surface area (Å²) >= 11 is 0. The van der Waals surface area contributed by atoms with Gasteiger partial charge in [-0.15, -0.1) is 0 Å². The summed E-state index contributed by atoms with van der Waals surface area (Å²) in [7, 11) is 0. The molecule has 1 aromatic carbocycles. The van der Waals surface area contributed by atoms with Gasteiger partial charge < -0.3 is 10.0 Å². The molecular formula is C21H30N2O3. The maximum atomic E-state index is 12.9. The number of benzene rings is 1. The van der Waals surface area contributed by atoms with Gasteiger partial charge in [-0.25, -0.2) is 0 Å². The monoisotopic (exact) mass is 358 g/mol. The van der Waals surface area contributed by atoms with Gasteiger partial charge >= 0.3 is 5.97 Å². The topological polar surface area (TPSA) is 60.9 Å². The molecule has 0 aromatic heterocycles. The molecule has 1 fully saturated rings. The number of likely N-dealkylation sites (tertiary alicyclic amines) is 1. The van der Waals surface area contributed by atoms with Crippen LogP contribution in [0.25, 0.3) is 0 Å². The molecule has 1 spiro atoms. The Morgan fingerprint density at radius 1 is 1.19 bits per heavy atom. The van der Waals surface area contributed by atoms with Crippen LogP contribution in [0.15, 0.2) is 24.3 Å². The molecule has 0 aliphatic carbocycles. The summed E-state index contributed by atoms with van der Waals surface area (Å²) in [5.74, 6) is -0.744. The van der Waals surface area contributed by atoms with Crippen LogP contribution in [0.2, 0.25) is 0 Å². The molecule has 1 unspecified atom stereocenters. The number of rotatable bonds is 6. The summed E-state index contributed by atoms with van der Waals surface area (Å²) < 4.78 is 0. The molecule has 0 bridgehead atoms. The molecule has 2 heterocycles. The smallest absolute Gasteiger partial charge is 0.303 e. The van der Waals surface area contributed by atoms with Gasteiger partial charge in [0, 0.05) is 31.5 Å². The first-order chi connectivity index (χ1) is 12.5. The highest BCUT2D eigenvalue weighted by atomic mass is 16.4. The highest BCUT2D eigenvalue weighted by Gasteiger charge is 2.44. The molecule has 1 atom stereocenters. The molecule has 0 saturated carbocycles. The number of carbonyl (C=O) groups is 2. The summed E-state index contributed by atoms with van der Waals surface area (Å²) in [6.45, 7) is 5.79. The molecule has 5 nitrogen and oxygen atoms in total. The van der Waals surface area contributed by atoms with E-state index in [2.05, 4.69) is 30.0 Å². The molecule has 1 amide bonds. The van der Waals surface area contributed by atoms with Gasteiger partial charge in [-0.05, 0) is 56.3 Å². The molecule has 1 aromatic rings. The Morgan fingerprint density at radius 2 is 1.96 bits per heavy atom. The fraction of sp³-hybridized carbons (Fsp3) is 0.619. The molecule has 142 valence electrons. The lowest BCUT2D eigenvalue weighted by Gasteiger charge is -2.40. The molecule has 5 heteroatoms. The molecule has 1 N–H and O–H groups in total. The Balaban J connectivity index is 1.83. The number of hydrogen-bond donors (Lipinski definition) is 1. The highest BCUT2D eigenvalue weighted by Crippen LogP contribution is 2.37. The van der Waals surface area contributed by atoms with Crippen LogP contribution < -0.4 is 0 Å². The van der Waals surface area contributed by atoms with Crippen molar-refractivity contribution in [3.05, 3.63) is 35.4 Å². The Morgan fingerprint density at radius 3 is 2.69 bits per heavy atom. The molecule has 26 heavy (non-hydrogen) atoms. The minimum absolute atomic E-state index is 0.0328. The third-order valence-corrected chi connectivity index (χ3v) is 5.85. The van der Waals surface area contributed by atoms with Gasteiger partial charge in [-0.1, -0.05) is 31.2 Å². The number of aliphatic carboxylic acids is 1. The fourth-order valence-corrected chi connectivity index (χ4v) is 4.63. The number of carboxylic acids is 1. The summed E-state index contributed by atoms with van der Waals surface area (Å²) in [6.07, 6.45) is 5.22. The molecule has 1 saturated heterocycles. The van der Waals surface area contributed by atoms with E-state index in [1.807, 2.05) is 11.0 Å². The molecule has 3 rings (SSSR count). The third kappa shape index (κ3) is 4.09. The molecule has 2 aliphatic heterocycles. The largest absolute Gasteiger partial charge is 0.481 e. The zero-order chi connectivity index (χ0) is 18.6. The van der Waals surface area contributed by atoms with Crippen molar-refractivity contribution in [3.63, 3.8) is 0 Å². The van der Waals surface area contributed by atoms with Gasteiger partial charge in [0.25, 0.3) is 0 Å². The number of fused-ring (bicyclic) bond motifs is 1. The average molecular weight is 358 g/mol. The van der Waals surface area contributed by atoms with Crippen LogP contribution in [-0.2, 0) is 22.6 Å². The minimum atomic E-state index is -0.833. The first kappa shape index (κ1) is 18.9. The standard InChI is InChI=1S/C21H30N2O3/c1-2-12-23-13-6-11-21(23)14-17-7-3-4-8-18(17)15-22(16-21)19(24)9-5-10-20(25)26/h3-4,7-8H,2,5-6,9-16H2,1H3,(H,25,26). The lowest BCUT2D eigenvalue weighted by atomic mass is 9.87. The maximum Gasteiger partial charge on any atom is 0.303 e. The zero-order valence-corrected chi connectivity index (χ0v) is 15.7. The van der Waals surface area contributed by atoms with Gasteiger partial charge in [0.05, 0.1) is 0 Å². The summed E-state index contributed by atoms with van der Waals surface area (Å²) in [4.78, 5) is 28.2. The Labute approximate surface area is 156 Å². The van der Waals surface area contributed by atoms with Crippen LogP contribution in [0.1, 0.15) is 56.6 Å². The van der Waals surface area contributed by atoms with Crippen LogP contribution in [0.3, 0.4) is 0 Å². The second kappa shape index (κ2) is 8.21. The predicted molar refractivity (Wildman–Crippen MR) is 101 cm³/mol. The van der Waals surface area contributed by atoms with Crippen molar-refractivity contribution >= 4 is 11.9 Å². The Hall–Kier alpha value is -1.88. The lowest BCUT2D eigenvalue weighted by molar-refractivity contribution is -0.137. The zero-order valence-electron chi connectivity index (χ0n) is 15.7. The second-order valence-electron chi connectivity index (χ2n) is 7.76. The third-order valence-electron chi connectivity index (χ3n) is 5.85. The van der Waals surface area contributed by atoms with E-state index in [-0.39, 0.29) is 17.9 Å². The van der Waals surface area contributed by atoms with E-state index in [4.69, 9.17) is 5.11 Å². The Bertz CT molecular complexity index is 660. The highest BCUT2D eigenvalue weighted by molar-refractivity contribution is 5.77. The fourth-order valence-electron chi connectivity index (χ4n) is 4.63. The lowest BCUT2D eigenvalue weighted by Crippen LogP contribution is -2.53. The normalized spacial score (nSPS) is 23.0. The van der Waals surface area contributed by atoms with E-state index in [1.165, 1.54) is 17.5 Å². The molecule has 0 radical (unpaired) electrons. The first-order valence-corrected chi connectivity index (χ1v) is 9.85. The first-order valence-electron chi connectivity index (χ1n) is 9.85. The van der Waals surface area contributed by atoms with Crippen molar-refractivity contribution in [2.75, 3.05) is 19.6 Å². The van der Waals surface area contributed by atoms with Crippen LogP contribution in [0.4, 0.5) is 0 Å². The molecule has 2 aliphatic rings. The van der Waals surface area contributed by atoms with E-state index >= 15 is 0 Å². The summed E-state index contributed by atoms with van der Waals surface area (Å²) in [6, 6.07) is 8.47. The number of carbonyl (C=O) groups excluding carboxylic acids is 1. The van der Waals surface area contributed by atoms with Gasteiger partial charge in [0.2, 0.25) is 5.91 Å². The van der Waals surface area contributed by atoms with E-state index in [9.17, 15) is 9.59 Å². The van der Waals surface area contributed by atoms with Crippen molar-refractivity contribution in [3.8, 4) is 0 Å². The summed E-state index contributed by atoms with van der Waals surface area (Å²) in [5, 5.41) is 8.84. The van der Waals surface area contributed by atoms with E-state index in [1.54, 1.807) is 0 Å². The van der Waals surface area contributed by atoms with Crippen LogP contribution in [0, 0.1) is 0 Å². The quantitative estimate of drug-likeness (QED) is 0.849. The van der Waals surface area contributed by atoms with Crippen LogP contribution >= 0.6 is 0 Å². The van der Waals surface area contributed by atoms with Gasteiger partial charge in [-0.2, -0.15) is 0 Å². The van der Waals surface area contributed by atoms with Crippen molar-refractivity contribution in [2.24, 2.45) is 0 Å². The van der Waals surface area contributed by atoms with Gasteiger partial charge in [0.15, 0.2) is 0 Å². The van der Waals surface area contributed by atoms with Gasteiger partial charge in [-0.3, -0.25) is 14.5 Å². The van der Waals surface area contributed by atoms with E-state index in [0.717, 1.165) is 38.9 Å². The van der Waals surface area contributed by atoms with Crippen molar-refractivity contribution in [1.29, 1.82) is 0 Å². The van der Waals surface area contributed by atoms with Crippen LogP contribution in [0.5, 0.6) is 0 Å². The molecular weight excluding hydrogens is 328 g/mol. The van der Waals surface area contributed by atoms with Gasteiger partial charge in [0.1, 0.15) is 0 Å². The number of hydrogen-bond acceptors (Lipinski definition) is 3. The maximum absolute atomic E-state index is 12.9.